The second-order valence-electron chi connectivity index (χ2n) is 6.37. The summed E-state index contributed by atoms with van der Waals surface area (Å²) in [4.78, 5) is 25.7. The lowest BCUT2D eigenvalue weighted by Gasteiger charge is -2.11. The van der Waals surface area contributed by atoms with Crippen molar-refractivity contribution in [2.45, 2.75) is 13.0 Å². The van der Waals surface area contributed by atoms with E-state index in [1.807, 2.05) is 29.0 Å². The molecular formula is C21H18ClN5O. The van der Waals surface area contributed by atoms with E-state index in [1.165, 1.54) is 0 Å². The quantitative estimate of drug-likeness (QED) is 0.505. The van der Waals surface area contributed by atoms with Crippen molar-refractivity contribution in [1.29, 1.82) is 0 Å². The molecule has 1 N–H and O–H groups in total. The largest absolute Gasteiger partial charge is 0.352 e. The Morgan fingerprint density at radius 3 is 2.86 bits per heavy atom. The Labute approximate surface area is 167 Å². The number of aryl methyl sites for hydroxylation is 1. The highest BCUT2D eigenvalue weighted by molar-refractivity contribution is 6.31. The van der Waals surface area contributed by atoms with E-state index < -0.39 is 0 Å². The highest BCUT2D eigenvalue weighted by Gasteiger charge is 2.14. The Balaban J connectivity index is 1.60. The van der Waals surface area contributed by atoms with Gasteiger partial charge in [-0.05, 0) is 42.8 Å². The van der Waals surface area contributed by atoms with Crippen LogP contribution >= 0.6 is 11.6 Å². The van der Waals surface area contributed by atoms with Crippen molar-refractivity contribution >= 4 is 28.4 Å². The van der Waals surface area contributed by atoms with Crippen molar-refractivity contribution in [3.8, 4) is 11.3 Å². The first-order chi connectivity index (χ1) is 13.7. The van der Waals surface area contributed by atoms with Crippen LogP contribution in [0.4, 0.5) is 0 Å². The molecule has 140 valence electrons. The normalized spacial score (nSPS) is 10.9. The van der Waals surface area contributed by atoms with Crippen molar-refractivity contribution < 1.29 is 4.79 Å². The molecule has 1 amide bonds. The van der Waals surface area contributed by atoms with E-state index in [0.29, 0.717) is 28.3 Å². The second-order valence-corrected chi connectivity index (χ2v) is 6.80. The average molecular weight is 392 g/mol. The number of aromatic nitrogens is 4. The molecule has 6 nitrogen and oxygen atoms in total. The fourth-order valence-electron chi connectivity index (χ4n) is 3.03. The third-order valence-corrected chi connectivity index (χ3v) is 4.65. The van der Waals surface area contributed by atoms with Gasteiger partial charge < -0.3 is 9.88 Å². The smallest absolute Gasteiger partial charge is 0.252 e. The highest BCUT2D eigenvalue weighted by atomic mass is 35.5. The van der Waals surface area contributed by atoms with E-state index in [0.717, 1.165) is 23.9 Å². The van der Waals surface area contributed by atoms with Gasteiger partial charge in [0.1, 0.15) is 0 Å². The summed E-state index contributed by atoms with van der Waals surface area (Å²) in [5.41, 5.74) is 2.82. The summed E-state index contributed by atoms with van der Waals surface area (Å²) in [6, 6.07) is 10.9. The molecule has 0 aliphatic heterocycles. The van der Waals surface area contributed by atoms with E-state index in [1.54, 1.807) is 43.1 Å². The molecule has 0 saturated heterocycles. The molecule has 0 saturated carbocycles. The number of halogens is 1. The molecular weight excluding hydrogens is 374 g/mol. The van der Waals surface area contributed by atoms with E-state index in [9.17, 15) is 4.79 Å². The maximum absolute atomic E-state index is 12.9. The molecule has 3 heterocycles. The van der Waals surface area contributed by atoms with Crippen molar-refractivity contribution in [3.63, 3.8) is 0 Å². The van der Waals surface area contributed by atoms with Gasteiger partial charge in [0.2, 0.25) is 0 Å². The summed E-state index contributed by atoms with van der Waals surface area (Å²) < 4.78 is 1.98. The first-order valence-electron chi connectivity index (χ1n) is 8.95. The van der Waals surface area contributed by atoms with Gasteiger partial charge in [0.25, 0.3) is 5.91 Å². The number of hydrogen-bond donors (Lipinski definition) is 1. The maximum atomic E-state index is 12.9. The zero-order valence-electron chi connectivity index (χ0n) is 15.0. The number of nitrogens with zero attached hydrogens (tertiary/aromatic N) is 4. The minimum absolute atomic E-state index is 0.148. The van der Waals surface area contributed by atoms with Crippen LogP contribution < -0.4 is 5.32 Å². The lowest BCUT2D eigenvalue weighted by Crippen LogP contribution is -2.25. The summed E-state index contributed by atoms with van der Waals surface area (Å²) in [5.74, 6) is -0.148. The molecule has 4 rings (SSSR count). The number of amides is 1. The van der Waals surface area contributed by atoms with Crippen LogP contribution in [-0.4, -0.2) is 32.0 Å². The fourth-order valence-corrected chi connectivity index (χ4v) is 3.20. The van der Waals surface area contributed by atoms with Crippen LogP contribution in [0.25, 0.3) is 22.2 Å². The molecule has 0 fully saturated rings. The molecule has 4 aromatic rings. The average Bonchev–Trinajstić information content (AvgIpc) is 3.24. The summed E-state index contributed by atoms with van der Waals surface area (Å²) in [5, 5.41) is 4.29. The maximum Gasteiger partial charge on any atom is 0.252 e. The molecule has 3 aromatic heterocycles. The van der Waals surface area contributed by atoms with Crippen molar-refractivity contribution in [2.24, 2.45) is 0 Å². The van der Waals surface area contributed by atoms with Crippen LogP contribution in [0.5, 0.6) is 0 Å². The summed E-state index contributed by atoms with van der Waals surface area (Å²) >= 11 is 6.16. The van der Waals surface area contributed by atoms with Crippen molar-refractivity contribution in [3.05, 3.63) is 78.1 Å². The molecule has 0 spiro atoms. The van der Waals surface area contributed by atoms with Crippen LogP contribution in [0, 0.1) is 0 Å². The number of carbonyl (C=O) groups is 1. The van der Waals surface area contributed by atoms with Gasteiger partial charge in [0.05, 0.1) is 23.1 Å². The number of benzene rings is 1. The fraction of sp³-hybridized carbons (Fsp3) is 0.143. The second kappa shape index (κ2) is 8.19. The van der Waals surface area contributed by atoms with E-state index >= 15 is 0 Å². The number of pyridine rings is 2. The Bertz CT molecular complexity index is 1100. The standard InChI is InChI=1S/C21H18ClN5O/c22-16-4-5-19-17(11-16)18(12-20(26-19)15-3-1-6-23-13-15)21(28)25-7-2-9-27-10-8-24-14-27/h1,3-6,8,10-14H,2,7,9H2,(H,25,28). The van der Waals surface area contributed by atoms with E-state index in [2.05, 4.69) is 20.3 Å². The van der Waals surface area contributed by atoms with Crippen molar-refractivity contribution in [2.75, 3.05) is 6.54 Å². The van der Waals surface area contributed by atoms with Gasteiger partial charge in [-0.3, -0.25) is 9.78 Å². The number of nitrogens with one attached hydrogen (secondary N) is 1. The minimum Gasteiger partial charge on any atom is -0.352 e. The monoisotopic (exact) mass is 391 g/mol. The lowest BCUT2D eigenvalue weighted by molar-refractivity contribution is 0.0954. The Hall–Kier alpha value is -3.25. The predicted octanol–water partition coefficient (Wildman–Crippen LogP) is 3.97. The van der Waals surface area contributed by atoms with Crippen LogP contribution in [0.1, 0.15) is 16.8 Å². The van der Waals surface area contributed by atoms with Gasteiger partial charge in [-0.1, -0.05) is 11.6 Å². The van der Waals surface area contributed by atoms with Gasteiger partial charge in [-0.25, -0.2) is 9.97 Å². The molecule has 0 atom stereocenters. The molecule has 1 aromatic carbocycles. The van der Waals surface area contributed by atoms with E-state index in [-0.39, 0.29) is 5.91 Å². The summed E-state index contributed by atoms with van der Waals surface area (Å²) in [6.45, 7) is 1.35. The first-order valence-corrected chi connectivity index (χ1v) is 9.33. The number of carbonyl (C=O) groups excluding carboxylic acids is 1. The predicted molar refractivity (Wildman–Crippen MR) is 109 cm³/mol. The van der Waals surface area contributed by atoms with E-state index in [4.69, 9.17) is 11.6 Å². The number of imidazole rings is 1. The van der Waals surface area contributed by atoms with Gasteiger partial charge in [-0.2, -0.15) is 0 Å². The first kappa shape index (κ1) is 18.1. The zero-order chi connectivity index (χ0) is 19.3. The topological polar surface area (TPSA) is 72.7 Å². The van der Waals surface area contributed by atoms with Crippen LogP contribution in [-0.2, 0) is 6.54 Å². The number of hydrogen-bond acceptors (Lipinski definition) is 4. The summed E-state index contributed by atoms with van der Waals surface area (Å²) in [7, 11) is 0. The number of rotatable bonds is 6. The molecule has 28 heavy (non-hydrogen) atoms. The highest BCUT2D eigenvalue weighted by Crippen LogP contribution is 2.26. The summed E-state index contributed by atoms with van der Waals surface area (Å²) in [6.07, 6.45) is 9.66. The molecule has 7 heteroatoms. The molecule has 0 unspecified atom stereocenters. The Morgan fingerprint density at radius 1 is 1.14 bits per heavy atom. The van der Waals surface area contributed by atoms with Crippen LogP contribution in [0.3, 0.4) is 0 Å². The third kappa shape index (κ3) is 4.02. The van der Waals surface area contributed by atoms with Crippen molar-refractivity contribution in [1.82, 2.24) is 24.8 Å². The Kier molecular flexibility index (Phi) is 5.30. The van der Waals surface area contributed by atoms with Gasteiger partial charge in [-0.15, -0.1) is 0 Å². The number of fused-ring (bicyclic) bond motifs is 1. The lowest BCUT2D eigenvalue weighted by atomic mass is 10.0. The van der Waals surface area contributed by atoms with Crippen LogP contribution in [0.15, 0.2) is 67.5 Å². The molecule has 0 aliphatic carbocycles. The molecule has 0 aliphatic rings. The third-order valence-electron chi connectivity index (χ3n) is 4.41. The molecule has 0 radical (unpaired) electrons. The minimum atomic E-state index is -0.148. The van der Waals surface area contributed by atoms with Gasteiger partial charge >= 0.3 is 0 Å². The SMILES string of the molecule is O=C(NCCCn1ccnc1)c1cc(-c2cccnc2)nc2ccc(Cl)cc12. The molecule has 0 bridgehead atoms. The van der Waals surface area contributed by atoms with Gasteiger partial charge in [0.15, 0.2) is 0 Å². The zero-order valence-corrected chi connectivity index (χ0v) is 15.8. The van der Waals surface area contributed by atoms with Crippen LogP contribution in [0.2, 0.25) is 5.02 Å². The van der Waals surface area contributed by atoms with Gasteiger partial charge in [0, 0.05) is 53.8 Å². The Morgan fingerprint density at radius 2 is 2.07 bits per heavy atom.